The maximum atomic E-state index is 12.1. The van der Waals surface area contributed by atoms with Crippen LogP contribution in [0.15, 0.2) is 30.3 Å². The van der Waals surface area contributed by atoms with Crippen LogP contribution >= 0.6 is 0 Å². The van der Waals surface area contributed by atoms with E-state index in [0.29, 0.717) is 5.82 Å². The van der Waals surface area contributed by atoms with Gasteiger partial charge in [-0.05, 0) is 33.0 Å². The Morgan fingerprint density at radius 2 is 1.87 bits per heavy atom. The summed E-state index contributed by atoms with van der Waals surface area (Å²) in [6.07, 6.45) is 0. The number of hydrogen-bond acceptors (Lipinski definition) is 4. The molecule has 0 radical (unpaired) electrons. The number of carboxylic acid groups (broad SMARTS) is 1. The first kappa shape index (κ1) is 16.7. The van der Waals surface area contributed by atoms with Crippen LogP contribution in [0.4, 0.5) is 5.82 Å². The summed E-state index contributed by atoms with van der Waals surface area (Å²) in [7, 11) is 1.58. The third kappa shape index (κ3) is 4.65. The van der Waals surface area contributed by atoms with Crippen LogP contribution in [0.5, 0.6) is 0 Å². The van der Waals surface area contributed by atoms with Gasteiger partial charge in [-0.15, -0.1) is 0 Å². The highest BCUT2D eigenvalue weighted by Crippen LogP contribution is 2.17. The molecule has 0 saturated carbocycles. The van der Waals surface area contributed by atoms with Crippen molar-refractivity contribution in [3.8, 4) is 5.69 Å². The number of rotatable bonds is 6. The van der Waals surface area contributed by atoms with Gasteiger partial charge in [0.1, 0.15) is 5.82 Å². The van der Waals surface area contributed by atoms with Crippen LogP contribution in [0.1, 0.15) is 11.3 Å². The third-order valence-electron chi connectivity index (χ3n) is 3.20. The molecule has 1 aromatic heterocycles. The number of anilines is 1. The van der Waals surface area contributed by atoms with Crippen molar-refractivity contribution in [1.29, 1.82) is 0 Å². The van der Waals surface area contributed by atoms with E-state index in [1.165, 1.54) is 4.90 Å². The first-order valence-corrected chi connectivity index (χ1v) is 7.19. The molecule has 0 fully saturated rings. The Bertz CT molecular complexity index is 707. The van der Waals surface area contributed by atoms with Gasteiger partial charge in [0.15, 0.2) is 0 Å². The van der Waals surface area contributed by atoms with Gasteiger partial charge in [0, 0.05) is 6.07 Å². The van der Waals surface area contributed by atoms with E-state index in [0.717, 1.165) is 16.9 Å². The number of amides is 1. The molecule has 1 aromatic carbocycles. The molecule has 2 aromatic rings. The van der Waals surface area contributed by atoms with E-state index in [9.17, 15) is 9.59 Å². The fraction of sp³-hybridized carbons (Fsp3) is 0.312. The summed E-state index contributed by atoms with van der Waals surface area (Å²) in [5, 5.41) is 15.9. The van der Waals surface area contributed by atoms with Crippen LogP contribution in [0.3, 0.4) is 0 Å². The van der Waals surface area contributed by atoms with Crippen molar-refractivity contribution in [3.05, 3.63) is 41.6 Å². The third-order valence-corrected chi connectivity index (χ3v) is 3.20. The normalized spacial score (nSPS) is 10.8. The SMILES string of the molecule is Cc1ccc(-n2nc(C)cc2NC(=O)CN(C)CC(=O)O)cc1. The number of aliphatic carboxylic acids is 1. The number of carbonyl (C=O) groups excluding carboxylic acids is 1. The van der Waals surface area contributed by atoms with Gasteiger partial charge in [0.25, 0.3) is 0 Å². The lowest BCUT2D eigenvalue weighted by molar-refractivity contribution is -0.138. The van der Waals surface area contributed by atoms with Gasteiger partial charge >= 0.3 is 5.97 Å². The van der Waals surface area contributed by atoms with E-state index in [2.05, 4.69) is 10.4 Å². The Hall–Kier alpha value is -2.67. The maximum Gasteiger partial charge on any atom is 0.317 e. The second kappa shape index (κ2) is 7.06. The minimum atomic E-state index is -0.971. The molecule has 2 N–H and O–H groups in total. The topological polar surface area (TPSA) is 87.5 Å². The van der Waals surface area contributed by atoms with E-state index >= 15 is 0 Å². The lowest BCUT2D eigenvalue weighted by Gasteiger charge is -2.14. The summed E-state index contributed by atoms with van der Waals surface area (Å²) >= 11 is 0. The van der Waals surface area contributed by atoms with Crippen LogP contribution in [-0.2, 0) is 9.59 Å². The standard InChI is InChI=1S/C16H20N4O3/c1-11-4-6-13(7-5-11)20-14(8-12(2)18-20)17-15(21)9-19(3)10-16(22)23/h4-8H,9-10H2,1-3H3,(H,17,21)(H,22,23). The number of nitrogens with one attached hydrogen (secondary N) is 1. The number of carbonyl (C=O) groups is 2. The fourth-order valence-electron chi connectivity index (χ4n) is 2.19. The lowest BCUT2D eigenvalue weighted by Crippen LogP contribution is -2.34. The van der Waals surface area contributed by atoms with E-state index in [-0.39, 0.29) is 19.0 Å². The summed E-state index contributed by atoms with van der Waals surface area (Å²) in [6.45, 7) is 3.64. The molecule has 1 heterocycles. The van der Waals surface area contributed by atoms with Crippen molar-refractivity contribution >= 4 is 17.7 Å². The van der Waals surface area contributed by atoms with Crippen LogP contribution in [-0.4, -0.2) is 51.8 Å². The second-order valence-electron chi connectivity index (χ2n) is 5.53. The molecule has 7 nitrogen and oxygen atoms in total. The van der Waals surface area contributed by atoms with E-state index in [1.807, 2.05) is 38.1 Å². The monoisotopic (exact) mass is 316 g/mol. The molecule has 0 aliphatic carbocycles. The number of nitrogens with zero attached hydrogens (tertiary/aromatic N) is 3. The molecule has 122 valence electrons. The number of aromatic nitrogens is 2. The quantitative estimate of drug-likeness (QED) is 0.842. The van der Waals surface area contributed by atoms with Crippen molar-refractivity contribution in [3.63, 3.8) is 0 Å². The average molecular weight is 316 g/mol. The Morgan fingerprint density at radius 3 is 2.48 bits per heavy atom. The predicted octanol–water partition coefficient (Wildman–Crippen LogP) is 1.44. The smallest absolute Gasteiger partial charge is 0.317 e. The molecule has 0 atom stereocenters. The maximum absolute atomic E-state index is 12.1. The van der Waals surface area contributed by atoms with Crippen LogP contribution in [0, 0.1) is 13.8 Å². The number of benzene rings is 1. The van der Waals surface area contributed by atoms with E-state index < -0.39 is 5.97 Å². The zero-order chi connectivity index (χ0) is 17.0. The molecule has 0 unspecified atom stereocenters. The second-order valence-corrected chi connectivity index (χ2v) is 5.53. The molecular weight excluding hydrogens is 296 g/mol. The summed E-state index contributed by atoms with van der Waals surface area (Å²) < 4.78 is 1.66. The number of aryl methyl sites for hydroxylation is 2. The van der Waals surface area contributed by atoms with Crippen molar-refractivity contribution in [2.24, 2.45) is 0 Å². The zero-order valence-corrected chi connectivity index (χ0v) is 13.4. The van der Waals surface area contributed by atoms with Crippen LogP contribution in [0.2, 0.25) is 0 Å². The van der Waals surface area contributed by atoms with Gasteiger partial charge < -0.3 is 10.4 Å². The van der Waals surface area contributed by atoms with Gasteiger partial charge in [0.2, 0.25) is 5.91 Å². The number of hydrogen-bond donors (Lipinski definition) is 2. The Balaban J connectivity index is 2.13. The molecule has 0 spiro atoms. The fourth-order valence-corrected chi connectivity index (χ4v) is 2.19. The molecule has 0 bridgehead atoms. The van der Waals surface area contributed by atoms with E-state index in [4.69, 9.17) is 5.11 Å². The Kier molecular flexibility index (Phi) is 5.13. The highest BCUT2D eigenvalue weighted by Gasteiger charge is 2.13. The molecule has 2 rings (SSSR count). The lowest BCUT2D eigenvalue weighted by atomic mass is 10.2. The molecule has 23 heavy (non-hydrogen) atoms. The van der Waals surface area contributed by atoms with Gasteiger partial charge in [-0.1, -0.05) is 17.7 Å². The molecule has 7 heteroatoms. The largest absolute Gasteiger partial charge is 0.480 e. The molecule has 0 saturated heterocycles. The van der Waals surface area contributed by atoms with Crippen molar-refractivity contribution < 1.29 is 14.7 Å². The van der Waals surface area contributed by atoms with Gasteiger partial charge in [-0.2, -0.15) is 5.10 Å². The Labute approximate surface area is 134 Å². The highest BCUT2D eigenvalue weighted by molar-refractivity contribution is 5.92. The molecular formula is C16H20N4O3. The van der Waals surface area contributed by atoms with Crippen molar-refractivity contribution in [2.45, 2.75) is 13.8 Å². The molecule has 0 aliphatic rings. The average Bonchev–Trinajstić information content (AvgIpc) is 2.79. The van der Waals surface area contributed by atoms with Gasteiger partial charge in [0.05, 0.1) is 24.5 Å². The minimum Gasteiger partial charge on any atom is -0.480 e. The summed E-state index contributed by atoms with van der Waals surface area (Å²) in [5.41, 5.74) is 2.76. The highest BCUT2D eigenvalue weighted by atomic mass is 16.4. The van der Waals surface area contributed by atoms with Crippen LogP contribution in [0.25, 0.3) is 5.69 Å². The van der Waals surface area contributed by atoms with Crippen molar-refractivity contribution in [1.82, 2.24) is 14.7 Å². The minimum absolute atomic E-state index is 0.00950. The van der Waals surface area contributed by atoms with Gasteiger partial charge in [-0.25, -0.2) is 4.68 Å². The molecule has 0 aliphatic heterocycles. The van der Waals surface area contributed by atoms with Gasteiger partial charge in [-0.3, -0.25) is 14.5 Å². The number of likely N-dealkylation sites (N-methyl/N-ethyl adjacent to an activating group) is 1. The first-order chi connectivity index (χ1) is 10.8. The summed E-state index contributed by atoms with van der Waals surface area (Å²) in [5.74, 6) is -0.706. The summed E-state index contributed by atoms with van der Waals surface area (Å²) in [4.78, 5) is 24.1. The summed E-state index contributed by atoms with van der Waals surface area (Å²) in [6, 6.07) is 9.56. The van der Waals surface area contributed by atoms with Crippen molar-refractivity contribution in [2.75, 3.05) is 25.5 Å². The predicted molar refractivity (Wildman–Crippen MR) is 86.8 cm³/mol. The van der Waals surface area contributed by atoms with Crippen LogP contribution < -0.4 is 5.32 Å². The molecule has 1 amide bonds. The van der Waals surface area contributed by atoms with E-state index in [1.54, 1.807) is 17.8 Å². The Morgan fingerprint density at radius 1 is 1.22 bits per heavy atom. The zero-order valence-electron chi connectivity index (χ0n) is 13.4. The first-order valence-electron chi connectivity index (χ1n) is 7.19. The number of carboxylic acids is 1.